The minimum atomic E-state index is -0.207. The first-order chi connectivity index (χ1) is 12.1. The van der Waals surface area contributed by atoms with Crippen LogP contribution in [0.25, 0.3) is 0 Å². The molecule has 1 heterocycles. The molecule has 0 aliphatic rings. The minimum absolute atomic E-state index is 0. The van der Waals surface area contributed by atoms with E-state index in [9.17, 15) is 4.39 Å². The average molecular weight is 471 g/mol. The minimum Gasteiger partial charge on any atom is -0.363 e. The molecule has 0 radical (unpaired) electrons. The smallest absolute Gasteiger partial charge is 0.191 e. The van der Waals surface area contributed by atoms with Crippen molar-refractivity contribution in [2.24, 2.45) is 4.99 Å². The van der Waals surface area contributed by atoms with Gasteiger partial charge in [-0.25, -0.2) is 14.4 Å². The van der Waals surface area contributed by atoms with Gasteiger partial charge in [0.2, 0.25) is 0 Å². The summed E-state index contributed by atoms with van der Waals surface area (Å²) in [6.07, 6.45) is 2.61. The van der Waals surface area contributed by atoms with Crippen LogP contribution in [0.15, 0.2) is 47.6 Å². The number of nitrogens with zero attached hydrogens (tertiary/aromatic N) is 3. The monoisotopic (exact) mass is 471 g/mol. The molecule has 2 rings (SSSR count). The van der Waals surface area contributed by atoms with Crippen LogP contribution in [0.1, 0.15) is 18.1 Å². The fourth-order valence-electron chi connectivity index (χ4n) is 2.29. The zero-order valence-corrected chi connectivity index (χ0v) is 17.8. The van der Waals surface area contributed by atoms with Crippen molar-refractivity contribution in [3.63, 3.8) is 0 Å². The number of nitrogens with one attached hydrogen (secondary N) is 2. The molecule has 0 saturated heterocycles. The fourth-order valence-corrected chi connectivity index (χ4v) is 2.29. The molecule has 26 heavy (non-hydrogen) atoms. The number of pyridine rings is 1. The number of halogens is 2. The van der Waals surface area contributed by atoms with Crippen molar-refractivity contribution in [1.82, 2.24) is 15.6 Å². The topological polar surface area (TPSA) is 52.6 Å². The van der Waals surface area contributed by atoms with E-state index in [-0.39, 0.29) is 29.8 Å². The van der Waals surface area contributed by atoms with Gasteiger partial charge in [0.15, 0.2) is 5.96 Å². The van der Waals surface area contributed by atoms with E-state index in [1.165, 1.54) is 12.1 Å². The highest BCUT2D eigenvalue weighted by molar-refractivity contribution is 14.0. The van der Waals surface area contributed by atoms with E-state index < -0.39 is 0 Å². The van der Waals surface area contributed by atoms with Gasteiger partial charge in [0.1, 0.15) is 11.6 Å². The highest BCUT2D eigenvalue weighted by Gasteiger charge is 2.01. The molecule has 0 fully saturated rings. The molecule has 0 spiro atoms. The van der Waals surface area contributed by atoms with Crippen molar-refractivity contribution in [3.8, 4) is 0 Å². The Balaban J connectivity index is 0.00000338. The number of guanidine groups is 1. The summed E-state index contributed by atoms with van der Waals surface area (Å²) in [7, 11) is 3.94. The third kappa shape index (κ3) is 7.55. The van der Waals surface area contributed by atoms with Crippen molar-refractivity contribution in [2.45, 2.75) is 19.9 Å². The Morgan fingerprint density at radius 2 is 1.85 bits per heavy atom. The van der Waals surface area contributed by atoms with Gasteiger partial charge in [-0.1, -0.05) is 12.1 Å². The third-order valence-corrected chi connectivity index (χ3v) is 3.65. The van der Waals surface area contributed by atoms with Crippen LogP contribution in [0.3, 0.4) is 0 Å². The lowest BCUT2D eigenvalue weighted by Gasteiger charge is -2.13. The molecule has 0 atom stereocenters. The second kappa shape index (κ2) is 11.7. The van der Waals surface area contributed by atoms with E-state index in [0.29, 0.717) is 6.54 Å². The number of aliphatic imine (C=N–C) groups is 1. The maximum absolute atomic E-state index is 12.9. The second-order valence-electron chi connectivity index (χ2n) is 5.92. The van der Waals surface area contributed by atoms with Gasteiger partial charge in [0.25, 0.3) is 0 Å². The molecule has 0 amide bonds. The maximum Gasteiger partial charge on any atom is 0.191 e. The largest absolute Gasteiger partial charge is 0.363 e. The molecule has 0 aliphatic carbocycles. The molecule has 5 nitrogen and oxygen atoms in total. The number of anilines is 1. The van der Waals surface area contributed by atoms with E-state index in [1.807, 2.05) is 38.1 Å². The average Bonchev–Trinajstić information content (AvgIpc) is 2.61. The number of hydrogen-bond acceptors (Lipinski definition) is 3. The van der Waals surface area contributed by atoms with Crippen LogP contribution in [-0.4, -0.2) is 38.1 Å². The lowest BCUT2D eigenvalue weighted by atomic mass is 10.1. The van der Waals surface area contributed by atoms with Crippen LogP contribution in [0.5, 0.6) is 0 Å². The quantitative estimate of drug-likeness (QED) is 0.370. The molecular formula is C19H27FIN5. The van der Waals surface area contributed by atoms with E-state index in [1.54, 1.807) is 18.3 Å². The maximum atomic E-state index is 12.9. The summed E-state index contributed by atoms with van der Waals surface area (Å²) in [5, 5.41) is 6.55. The highest BCUT2D eigenvalue weighted by Crippen LogP contribution is 2.10. The Kier molecular flexibility index (Phi) is 9.93. The van der Waals surface area contributed by atoms with Gasteiger partial charge in [-0.15, -0.1) is 24.0 Å². The highest BCUT2D eigenvalue weighted by atomic mass is 127. The van der Waals surface area contributed by atoms with Crippen LogP contribution < -0.4 is 15.5 Å². The standard InChI is InChI=1S/C19H26FN5.HI/c1-4-21-19(23-12-9-15-5-7-17(20)8-6-15)24-14-16-10-11-22-18(13-16)25(2)3;/h5-8,10-11,13H,4,9,12,14H2,1-3H3,(H2,21,23,24);1H. The molecule has 2 N–H and O–H groups in total. The predicted molar refractivity (Wildman–Crippen MR) is 117 cm³/mol. The van der Waals surface area contributed by atoms with Crippen LogP contribution in [-0.2, 0) is 13.0 Å². The molecular weight excluding hydrogens is 444 g/mol. The summed E-state index contributed by atoms with van der Waals surface area (Å²) in [5.74, 6) is 1.48. The number of rotatable bonds is 7. The lowest BCUT2D eigenvalue weighted by molar-refractivity contribution is 0.626. The second-order valence-corrected chi connectivity index (χ2v) is 5.92. The Bertz CT molecular complexity index is 689. The zero-order valence-electron chi connectivity index (χ0n) is 15.5. The number of benzene rings is 1. The van der Waals surface area contributed by atoms with Gasteiger partial charge in [-0.2, -0.15) is 0 Å². The molecule has 1 aromatic heterocycles. The van der Waals surface area contributed by atoms with E-state index >= 15 is 0 Å². The Labute approximate surface area is 172 Å². The number of hydrogen-bond donors (Lipinski definition) is 2. The first-order valence-electron chi connectivity index (χ1n) is 8.47. The Morgan fingerprint density at radius 3 is 2.50 bits per heavy atom. The normalized spacial score (nSPS) is 10.8. The molecule has 1 aromatic carbocycles. The van der Waals surface area contributed by atoms with Gasteiger partial charge < -0.3 is 15.5 Å². The summed E-state index contributed by atoms with van der Waals surface area (Å²) in [6, 6.07) is 10.6. The van der Waals surface area contributed by atoms with Crippen molar-refractivity contribution in [1.29, 1.82) is 0 Å². The van der Waals surface area contributed by atoms with Gasteiger partial charge in [0, 0.05) is 33.4 Å². The fraction of sp³-hybridized carbons (Fsp3) is 0.368. The molecule has 2 aromatic rings. The molecule has 0 saturated carbocycles. The number of aromatic nitrogens is 1. The molecule has 142 valence electrons. The van der Waals surface area contributed by atoms with Crippen LogP contribution in [0, 0.1) is 5.82 Å². The summed E-state index contributed by atoms with van der Waals surface area (Å²) in [4.78, 5) is 10.9. The van der Waals surface area contributed by atoms with Crippen molar-refractivity contribution in [2.75, 3.05) is 32.1 Å². The van der Waals surface area contributed by atoms with Crippen molar-refractivity contribution >= 4 is 35.8 Å². The first kappa shape index (κ1) is 22.1. The third-order valence-electron chi connectivity index (χ3n) is 3.65. The van der Waals surface area contributed by atoms with Gasteiger partial charge in [0.05, 0.1) is 6.54 Å². The SMILES string of the molecule is CCNC(=NCc1ccnc(N(C)C)c1)NCCc1ccc(F)cc1.I. The summed E-state index contributed by atoms with van der Waals surface area (Å²) >= 11 is 0. The molecule has 0 unspecified atom stereocenters. The van der Waals surface area contributed by atoms with Gasteiger partial charge in [-0.3, -0.25) is 0 Å². The lowest BCUT2D eigenvalue weighted by Crippen LogP contribution is -2.38. The van der Waals surface area contributed by atoms with Crippen LogP contribution in [0.2, 0.25) is 0 Å². The predicted octanol–water partition coefficient (Wildman–Crippen LogP) is 3.20. The van der Waals surface area contributed by atoms with Gasteiger partial charge >= 0.3 is 0 Å². The summed E-state index contributed by atoms with van der Waals surface area (Å²) < 4.78 is 12.9. The first-order valence-corrected chi connectivity index (χ1v) is 8.47. The van der Waals surface area contributed by atoms with Crippen LogP contribution >= 0.6 is 24.0 Å². The molecule has 0 aliphatic heterocycles. The summed E-state index contributed by atoms with van der Waals surface area (Å²) in [5.41, 5.74) is 2.20. The zero-order chi connectivity index (χ0) is 18.1. The Hall–Kier alpha value is -1.90. The van der Waals surface area contributed by atoms with E-state index in [2.05, 4.69) is 20.6 Å². The molecule has 7 heteroatoms. The Morgan fingerprint density at radius 1 is 1.12 bits per heavy atom. The van der Waals surface area contributed by atoms with Gasteiger partial charge in [-0.05, 0) is 48.7 Å². The van der Waals surface area contributed by atoms with Crippen LogP contribution in [0.4, 0.5) is 10.2 Å². The van der Waals surface area contributed by atoms with E-state index in [0.717, 1.165) is 42.4 Å². The van der Waals surface area contributed by atoms with Crippen molar-refractivity contribution < 1.29 is 4.39 Å². The molecule has 0 bridgehead atoms. The summed E-state index contributed by atoms with van der Waals surface area (Å²) in [6.45, 7) is 4.14. The van der Waals surface area contributed by atoms with Crippen molar-refractivity contribution in [3.05, 3.63) is 59.5 Å². The van der Waals surface area contributed by atoms with E-state index in [4.69, 9.17) is 0 Å².